The SMILES string of the molecule is CC1(C)CC(Nc2ccc3c(n2)CCC3)CCO1. The topological polar surface area (TPSA) is 34.2 Å². The molecule has 1 aromatic heterocycles. The minimum absolute atomic E-state index is 0.00730. The van der Waals surface area contributed by atoms with Crippen LogP contribution in [0.3, 0.4) is 0 Å². The van der Waals surface area contributed by atoms with Crippen molar-refractivity contribution in [2.75, 3.05) is 11.9 Å². The Bertz CT molecular complexity index is 442. The summed E-state index contributed by atoms with van der Waals surface area (Å²) >= 11 is 0. The highest BCUT2D eigenvalue weighted by atomic mass is 16.5. The predicted octanol–water partition coefficient (Wildman–Crippen LogP) is 2.94. The first kappa shape index (κ1) is 12.0. The van der Waals surface area contributed by atoms with Crippen LogP contribution < -0.4 is 5.32 Å². The number of hydrogen-bond acceptors (Lipinski definition) is 3. The summed E-state index contributed by atoms with van der Waals surface area (Å²) in [6.07, 6.45) is 5.72. The zero-order valence-corrected chi connectivity index (χ0v) is 11.3. The fraction of sp³-hybridized carbons (Fsp3) is 0.667. The van der Waals surface area contributed by atoms with Gasteiger partial charge in [-0.25, -0.2) is 4.98 Å². The predicted molar refractivity (Wildman–Crippen MR) is 72.9 cm³/mol. The van der Waals surface area contributed by atoms with Crippen LogP contribution in [0.5, 0.6) is 0 Å². The highest BCUT2D eigenvalue weighted by Crippen LogP contribution is 2.27. The van der Waals surface area contributed by atoms with Crippen molar-refractivity contribution < 1.29 is 4.74 Å². The number of rotatable bonds is 2. The highest BCUT2D eigenvalue weighted by molar-refractivity contribution is 5.41. The molecule has 3 nitrogen and oxygen atoms in total. The molecule has 0 amide bonds. The van der Waals surface area contributed by atoms with Crippen molar-refractivity contribution in [1.82, 2.24) is 4.98 Å². The Morgan fingerprint density at radius 2 is 2.22 bits per heavy atom. The first-order chi connectivity index (χ1) is 8.62. The van der Waals surface area contributed by atoms with Gasteiger partial charge >= 0.3 is 0 Å². The Balaban J connectivity index is 1.69. The van der Waals surface area contributed by atoms with E-state index in [0.29, 0.717) is 6.04 Å². The van der Waals surface area contributed by atoms with Crippen molar-refractivity contribution in [2.24, 2.45) is 0 Å². The van der Waals surface area contributed by atoms with Crippen LogP contribution in [0.2, 0.25) is 0 Å². The van der Waals surface area contributed by atoms with Gasteiger partial charge in [-0.05, 0) is 57.6 Å². The number of pyridine rings is 1. The Kier molecular flexibility index (Phi) is 3.02. The lowest BCUT2D eigenvalue weighted by atomic mass is 9.94. The van der Waals surface area contributed by atoms with Crippen LogP contribution in [0.1, 0.15) is 44.4 Å². The molecule has 1 N–H and O–H groups in total. The molecule has 2 aliphatic rings. The van der Waals surface area contributed by atoms with Gasteiger partial charge in [0, 0.05) is 18.3 Å². The second kappa shape index (κ2) is 4.54. The summed E-state index contributed by atoms with van der Waals surface area (Å²) in [5.41, 5.74) is 2.73. The van der Waals surface area contributed by atoms with Gasteiger partial charge in [0.15, 0.2) is 0 Å². The van der Waals surface area contributed by atoms with Gasteiger partial charge < -0.3 is 10.1 Å². The third-order valence-electron chi connectivity index (χ3n) is 3.98. The normalized spacial score (nSPS) is 25.8. The van der Waals surface area contributed by atoms with E-state index in [2.05, 4.69) is 31.3 Å². The molecular weight excluding hydrogens is 224 g/mol. The minimum Gasteiger partial charge on any atom is -0.375 e. The smallest absolute Gasteiger partial charge is 0.126 e. The molecule has 98 valence electrons. The molecule has 0 spiro atoms. The maximum absolute atomic E-state index is 5.75. The van der Waals surface area contributed by atoms with Gasteiger partial charge in [-0.1, -0.05) is 6.07 Å². The molecule has 1 fully saturated rings. The maximum Gasteiger partial charge on any atom is 0.126 e. The number of nitrogens with zero attached hydrogens (tertiary/aromatic N) is 1. The number of ether oxygens (including phenoxy) is 1. The third-order valence-corrected chi connectivity index (χ3v) is 3.98. The molecule has 0 radical (unpaired) electrons. The van der Waals surface area contributed by atoms with E-state index in [1.807, 2.05) is 0 Å². The summed E-state index contributed by atoms with van der Waals surface area (Å²) in [4.78, 5) is 4.74. The van der Waals surface area contributed by atoms with Crippen molar-refractivity contribution in [3.63, 3.8) is 0 Å². The largest absolute Gasteiger partial charge is 0.375 e. The van der Waals surface area contributed by atoms with Gasteiger partial charge in [0.2, 0.25) is 0 Å². The lowest BCUT2D eigenvalue weighted by Gasteiger charge is -2.36. The van der Waals surface area contributed by atoms with Gasteiger partial charge in [-0.3, -0.25) is 0 Å². The lowest BCUT2D eigenvalue weighted by Crippen LogP contribution is -2.40. The fourth-order valence-corrected chi connectivity index (χ4v) is 3.07. The Hall–Kier alpha value is -1.09. The van der Waals surface area contributed by atoms with Crippen LogP contribution >= 0.6 is 0 Å². The van der Waals surface area contributed by atoms with Crippen molar-refractivity contribution in [3.05, 3.63) is 23.4 Å². The van der Waals surface area contributed by atoms with Crippen LogP contribution in [0.15, 0.2) is 12.1 Å². The zero-order chi connectivity index (χ0) is 12.6. The van der Waals surface area contributed by atoms with Crippen molar-refractivity contribution in [2.45, 2.75) is 57.6 Å². The average Bonchev–Trinajstić information content (AvgIpc) is 2.74. The van der Waals surface area contributed by atoms with E-state index in [4.69, 9.17) is 9.72 Å². The van der Waals surface area contributed by atoms with E-state index in [-0.39, 0.29) is 5.60 Å². The first-order valence-corrected chi connectivity index (χ1v) is 7.02. The summed E-state index contributed by atoms with van der Waals surface area (Å²) in [5, 5.41) is 3.58. The second-order valence-corrected chi connectivity index (χ2v) is 6.10. The molecule has 1 aliphatic heterocycles. The molecule has 1 saturated heterocycles. The molecule has 18 heavy (non-hydrogen) atoms. The molecule has 2 heterocycles. The van der Waals surface area contributed by atoms with Gasteiger partial charge in [-0.2, -0.15) is 0 Å². The van der Waals surface area contributed by atoms with Gasteiger partial charge in [0.05, 0.1) is 5.60 Å². The molecule has 0 bridgehead atoms. The summed E-state index contributed by atoms with van der Waals surface area (Å²) < 4.78 is 5.75. The van der Waals surface area contributed by atoms with E-state index < -0.39 is 0 Å². The van der Waals surface area contributed by atoms with Gasteiger partial charge in [-0.15, -0.1) is 0 Å². The molecule has 1 aliphatic carbocycles. The molecular formula is C15H22N2O. The van der Waals surface area contributed by atoms with Gasteiger partial charge in [0.1, 0.15) is 5.82 Å². The molecule has 0 saturated carbocycles. The number of anilines is 1. The fourth-order valence-electron chi connectivity index (χ4n) is 3.07. The Labute approximate surface area is 109 Å². The van der Waals surface area contributed by atoms with Crippen LogP contribution in [-0.2, 0) is 17.6 Å². The number of aryl methyl sites for hydroxylation is 2. The standard InChI is InChI=1S/C15H22N2O/c1-15(2)10-12(8-9-18-15)16-14-7-6-11-4-3-5-13(11)17-14/h6-7,12H,3-5,8-10H2,1-2H3,(H,16,17). The zero-order valence-electron chi connectivity index (χ0n) is 11.3. The van der Waals surface area contributed by atoms with Crippen LogP contribution in [0.25, 0.3) is 0 Å². The van der Waals surface area contributed by atoms with E-state index >= 15 is 0 Å². The number of aromatic nitrogens is 1. The van der Waals surface area contributed by atoms with E-state index in [1.54, 1.807) is 0 Å². The quantitative estimate of drug-likeness (QED) is 0.871. The monoisotopic (exact) mass is 246 g/mol. The van der Waals surface area contributed by atoms with Crippen molar-refractivity contribution >= 4 is 5.82 Å². The van der Waals surface area contributed by atoms with Crippen molar-refractivity contribution in [1.29, 1.82) is 0 Å². The number of nitrogens with one attached hydrogen (secondary N) is 1. The Morgan fingerprint density at radius 3 is 3.06 bits per heavy atom. The lowest BCUT2D eigenvalue weighted by molar-refractivity contribution is -0.0553. The summed E-state index contributed by atoms with van der Waals surface area (Å²) in [6.45, 7) is 5.17. The van der Waals surface area contributed by atoms with Crippen LogP contribution in [0.4, 0.5) is 5.82 Å². The number of fused-ring (bicyclic) bond motifs is 1. The van der Waals surface area contributed by atoms with Crippen molar-refractivity contribution in [3.8, 4) is 0 Å². The average molecular weight is 246 g/mol. The third kappa shape index (κ3) is 2.51. The first-order valence-electron chi connectivity index (χ1n) is 7.02. The van der Waals surface area contributed by atoms with Crippen LogP contribution in [0, 0.1) is 0 Å². The molecule has 3 heteroatoms. The van der Waals surface area contributed by atoms with E-state index in [9.17, 15) is 0 Å². The molecule has 0 aromatic carbocycles. The highest BCUT2D eigenvalue weighted by Gasteiger charge is 2.29. The summed E-state index contributed by atoms with van der Waals surface area (Å²) in [5.74, 6) is 1.04. The van der Waals surface area contributed by atoms with Gasteiger partial charge in [0.25, 0.3) is 0 Å². The second-order valence-electron chi connectivity index (χ2n) is 6.10. The number of hydrogen-bond donors (Lipinski definition) is 1. The minimum atomic E-state index is -0.00730. The summed E-state index contributed by atoms with van der Waals surface area (Å²) in [7, 11) is 0. The molecule has 1 atom stereocenters. The molecule has 3 rings (SSSR count). The van der Waals surface area contributed by atoms with E-state index in [0.717, 1.165) is 31.7 Å². The summed E-state index contributed by atoms with van der Waals surface area (Å²) in [6, 6.07) is 4.86. The molecule has 1 unspecified atom stereocenters. The maximum atomic E-state index is 5.75. The Morgan fingerprint density at radius 1 is 1.33 bits per heavy atom. The van der Waals surface area contributed by atoms with Crippen LogP contribution in [-0.4, -0.2) is 23.2 Å². The van der Waals surface area contributed by atoms with E-state index in [1.165, 1.54) is 24.1 Å². The molecule has 1 aromatic rings.